The van der Waals surface area contributed by atoms with E-state index in [2.05, 4.69) is 11.6 Å². The zero-order chi connectivity index (χ0) is 18.4. The van der Waals surface area contributed by atoms with Gasteiger partial charge in [0.25, 0.3) is 0 Å². The van der Waals surface area contributed by atoms with Gasteiger partial charge in [-0.05, 0) is 24.1 Å². The van der Waals surface area contributed by atoms with Crippen LogP contribution in [0.4, 0.5) is 0 Å². The summed E-state index contributed by atoms with van der Waals surface area (Å²) in [6.45, 7) is 2.99. The molecule has 0 radical (unpaired) electrons. The van der Waals surface area contributed by atoms with E-state index in [1.165, 1.54) is 0 Å². The van der Waals surface area contributed by atoms with Gasteiger partial charge in [-0.25, -0.2) is 13.1 Å². The summed E-state index contributed by atoms with van der Waals surface area (Å²) >= 11 is 0. The fourth-order valence-corrected chi connectivity index (χ4v) is 4.01. The fraction of sp³-hybridized carbons (Fsp3) is 0.238. The Labute approximate surface area is 154 Å². The van der Waals surface area contributed by atoms with Crippen LogP contribution >= 0.6 is 0 Å². The van der Waals surface area contributed by atoms with Crippen LogP contribution in [-0.4, -0.2) is 15.0 Å². The first kappa shape index (κ1) is 18.4. The van der Waals surface area contributed by atoms with Gasteiger partial charge in [0.2, 0.25) is 10.0 Å². The van der Waals surface area contributed by atoms with E-state index in [1.54, 1.807) is 12.1 Å². The monoisotopic (exact) mass is 369 g/mol. The smallest absolute Gasteiger partial charge is 0.241 e. The molecule has 0 unspecified atom stereocenters. The minimum atomic E-state index is -3.63. The Morgan fingerprint density at radius 1 is 0.885 bits per heavy atom. The largest absolute Gasteiger partial charge is 0.493 e. The van der Waals surface area contributed by atoms with Crippen LogP contribution in [0.5, 0.6) is 5.75 Å². The summed E-state index contributed by atoms with van der Waals surface area (Å²) in [6.07, 6.45) is 2.01. The van der Waals surface area contributed by atoms with E-state index < -0.39 is 10.0 Å². The van der Waals surface area contributed by atoms with Crippen LogP contribution < -0.4 is 9.46 Å². The predicted molar refractivity (Wildman–Crippen MR) is 105 cm³/mol. The number of benzene rings is 3. The van der Waals surface area contributed by atoms with Crippen LogP contribution in [0.15, 0.2) is 71.6 Å². The molecule has 0 aliphatic heterocycles. The van der Waals surface area contributed by atoms with Crippen LogP contribution in [-0.2, 0) is 16.6 Å². The Bertz CT molecular complexity index is 969. The van der Waals surface area contributed by atoms with Gasteiger partial charge in [-0.2, -0.15) is 0 Å². The van der Waals surface area contributed by atoms with Gasteiger partial charge in [-0.1, -0.05) is 67.9 Å². The Morgan fingerprint density at radius 3 is 2.31 bits per heavy atom. The number of hydrogen-bond acceptors (Lipinski definition) is 3. The molecule has 0 aliphatic rings. The van der Waals surface area contributed by atoms with Crippen LogP contribution in [0.25, 0.3) is 10.8 Å². The molecule has 5 heteroatoms. The normalized spacial score (nSPS) is 11.6. The summed E-state index contributed by atoms with van der Waals surface area (Å²) in [5.41, 5.74) is 0.917. The predicted octanol–water partition coefficient (Wildman–Crippen LogP) is 4.50. The molecule has 0 atom stereocenters. The van der Waals surface area contributed by atoms with Crippen molar-refractivity contribution in [1.82, 2.24) is 4.72 Å². The van der Waals surface area contributed by atoms with Crippen LogP contribution in [0, 0.1) is 0 Å². The second-order valence-electron chi connectivity index (χ2n) is 6.12. The van der Waals surface area contributed by atoms with Gasteiger partial charge in [0.15, 0.2) is 0 Å². The van der Waals surface area contributed by atoms with Crippen LogP contribution in [0.1, 0.15) is 25.3 Å². The summed E-state index contributed by atoms with van der Waals surface area (Å²) < 4.78 is 34.2. The molecule has 3 aromatic carbocycles. The van der Waals surface area contributed by atoms with E-state index in [0.29, 0.717) is 12.0 Å². The highest BCUT2D eigenvalue weighted by molar-refractivity contribution is 7.89. The molecule has 0 heterocycles. The Hall–Kier alpha value is -2.37. The molecule has 1 N–H and O–H groups in total. The number of fused-ring (bicyclic) bond motifs is 1. The highest BCUT2D eigenvalue weighted by Gasteiger charge is 2.18. The van der Waals surface area contributed by atoms with Gasteiger partial charge in [0.1, 0.15) is 5.75 Å². The first-order valence-corrected chi connectivity index (χ1v) is 10.3. The molecular formula is C21H23NO3S. The van der Waals surface area contributed by atoms with E-state index in [-0.39, 0.29) is 11.4 Å². The van der Waals surface area contributed by atoms with Crippen molar-refractivity contribution in [2.45, 2.75) is 31.2 Å². The zero-order valence-electron chi connectivity index (χ0n) is 14.8. The van der Waals surface area contributed by atoms with Gasteiger partial charge in [-0.3, -0.25) is 0 Å². The maximum atomic E-state index is 12.8. The van der Waals surface area contributed by atoms with E-state index >= 15 is 0 Å². The Balaban J connectivity index is 1.90. The molecule has 0 amide bonds. The average Bonchev–Trinajstić information content (AvgIpc) is 2.67. The SMILES string of the molecule is CCCCOc1ccc(S(=O)(=O)NCc2ccccc2)c2ccccc12. The van der Waals surface area contributed by atoms with Gasteiger partial charge in [0, 0.05) is 17.3 Å². The topological polar surface area (TPSA) is 55.4 Å². The number of hydrogen-bond donors (Lipinski definition) is 1. The Kier molecular flexibility index (Phi) is 5.91. The summed E-state index contributed by atoms with van der Waals surface area (Å²) in [6, 6.07) is 20.3. The van der Waals surface area contributed by atoms with E-state index in [1.807, 2.05) is 54.6 Å². The summed E-state index contributed by atoms with van der Waals surface area (Å²) in [4.78, 5) is 0.270. The van der Waals surface area contributed by atoms with Crippen molar-refractivity contribution < 1.29 is 13.2 Å². The minimum absolute atomic E-state index is 0.256. The highest BCUT2D eigenvalue weighted by atomic mass is 32.2. The molecule has 0 saturated carbocycles. The highest BCUT2D eigenvalue weighted by Crippen LogP contribution is 2.31. The molecule has 0 spiro atoms. The first-order valence-electron chi connectivity index (χ1n) is 8.80. The lowest BCUT2D eigenvalue weighted by molar-refractivity contribution is 0.313. The molecule has 136 valence electrons. The third kappa shape index (κ3) is 4.23. The minimum Gasteiger partial charge on any atom is -0.493 e. The molecular weight excluding hydrogens is 346 g/mol. The van der Waals surface area contributed by atoms with Gasteiger partial charge >= 0.3 is 0 Å². The van der Waals surface area contributed by atoms with Gasteiger partial charge in [-0.15, -0.1) is 0 Å². The molecule has 3 rings (SSSR count). The van der Waals surface area contributed by atoms with E-state index in [4.69, 9.17) is 4.74 Å². The third-order valence-electron chi connectivity index (χ3n) is 4.20. The molecule has 0 saturated heterocycles. The summed E-state index contributed by atoms with van der Waals surface area (Å²) in [7, 11) is -3.63. The van der Waals surface area contributed by atoms with Crippen LogP contribution in [0.2, 0.25) is 0 Å². The number of nitrogens with one attached hydrogen (secondary N) is 1. The quantitative estimate of drug-likeness (QED) is 0.595. The maximum Gasteiger partial charge on any atom is 0.241 e. The number of sulfonamides is 1. The molecule has 3 aromatic rings. The molecule has 26 heavy (non-hydrogen) atoms. The standard InChI is InChI=1S/C21H23NO3S/c1-2-3-15-25-20-13-14-21(19-12-8-7-11-18(19)20)26(23,24)22-16-17-9-5-4-6-10-17/h4-14,22H,2-3,15-16H2,1H3. The molecule has 0 aliphatic carbocycles. The number of unbranched alkanes of at least 4 members (excludes halogenated alkanes) is 1. The average molecular weight is 369 g/mol. The lowest BCUT2D eigenvalue weighted by Gasteiger charge is -2.13. The zero-order valence-corrected chi connectivity index (χ0v) is 15.6. The molecule has 0 fully saturated rings. The Morgan fingerprint density at radius 2 is 1.58 bits per heavy atom. The van der Waals surface area contributed by atoms with Crippen molar-refractivity contribution in [2.24, 2.45) is 0 Å². The number of rotatable bonds is 8. The summed E-state index contributed by atoms with van der Waals surface area (Å²) in [5.74, 6) is 0.719. The van der Waals surface area contributed by atoms with Crippen molar-refractivity contribution >= 4 is 20.8 Å². The number of ether oxygens (including phenoxy) is 1. The van der Waals surface area contributed by atoms with Crippen molar-refractivity contribution in [3.05, 3.63) is 72.3 Å². The molecule has 0 bridgehead atoms. The molecule has 0 aromatic heterocycles. The lowest BCUT2D eigenvalue weighted by atomic mass is 10.1. The van der Waals surface area contributed by atoms with Crippen LogP contribution in [0.3, 0.4) is 0 Å². The van der Waals surface area contributed by atoms with E-state index in [9.17, 15) is 8.42 Å². The maximum absolute atomic E-state index is 12.8. The second kappa shape index (κ2) is 8.34. The van der Waals surface area contributed by atoms with Gasteiger partial charge in [0.05, 0.1) is 11.5 Å². The van der Waals surface area contributed by atoms with Crippen molar-refractivity contribution in [1.29, 1.82) is 0 Å². The summed E-state index contributed by atoms with van der Waals surface area (Å²) in [5, 5.41) is 1.48. The van der Waals surface area contributed by atoms with Crippen molar-refractivity contribution in [3.8, 4) is 5.75 Å². The lowest BCUT2D eigenvalue weighted by Crippen LogP contribution is -2.23. The van der Waals surface area contributed by atoms with E-state index in [0.717, 1.165) is 29.5 Å². The molecule has 4 nitrogen and oxygen atoms in total. The van der Waals surface area contributed by atoms with Crippen molar-refractivity contribution in [3.63, 3.8) is 0 Å². The fourth-order valence-electron chi connectivity index (χ4n) is 2.78. The van der Waals surface area contributed by atoms with Gasteiger partial charge < -0.3 is 4.74 Å². The first-order chi connectivity index (χ1) is 12.6. The second-order valence-corrected chi connectivity index (χ2v) is 7.85. The van der Waals surface area contributed by atoms with Crippen molar-refractivity contribution in [2.75, 3.05) is 6.61 Å². The third-order valence-corrected chi connectivity index (χ3v) is 5.66.